The zero-order valence-corrected chi connectivity index (χ0v) is 14.4. The smallest absolute Gasteiger partial charge is 0.238 e. The fourth-order valence-corrected chi connectivity index (χ4v) is 4.74. The number of carbonyl (C=O) groups excluding carboxylic acids is 1. The Morgan fingerprint density at radius 2 is 2.04 bits per heavy atom. The van der Waals surface area contributed by atoms with E-state index in [1.807, 2.05) is 58.3 Å². The van der Waals surface area contributed by atoms with E-state index in [4.69, 9.17) is 0 Å². The Hall–Kier alpha value is -2.12. The molecule has 0 spiro atoms. The highest BCUT2D eigenvalue weighted by molar-refractivity contribution is 7.91. The van der Waals surface area contributed by atoms with Crippen LogP contribution in [0, 0.1) is 0 Å². The van der Waals surface area contributed by atoms with Crippen LogP contribution in [0.2, 0.25) is 0 Å². The second kappa shape index (κ2) is 6.78. The van der Waals surface area contributed by atoms with E-state index in [1.54, 1.807) is 7.05 Å². The van der Waals surface area contributed by atoms with E-state index in [0.717, 1.165) is 11.4 Å². The van der Waals surface area contributed by atoms with Gasteiger partial charge >= 0.3 is 0 Å². The molecular formula is C17H21N3O3S. The summed E-state index contributed by atoms with van der Waals surface area (Å²) in [7, 11) is -1.15. The first kappa shape index (κ1) is 16.7. The molecule has 0 unspecified atom stereocenters. The molecule has 1 aliphatic rings. The van der Waals surface area contributed by atoms with Crippen molar-refractivity contribution in [2.24, 2.45) is 0 Å². The van der Waals surface area contributed by atoms with E-state index >= 15 is 0 Å². The lowest BCUT2D eigenvalue weighted by molar-refractivity contribution is -0.117. The van der Waals surface area contributed by atoms with E-state index < -0.39 is 9.84 Å². The number of aromatic nitrogens is 1. The van der Waals surface area contributed by atoms with Gasteiger partial charge in [-0.05, 0) is 43.8 Å². The predicted molar refractivity (Wildman–Crippen MR) is 94.1 cm³/mol. The number of benzene rings is 1. The van der Waals surface area contributed by atoms with Crippen molar-refractivity contribution >= 4 is 21.4 Å². The Labute approximate surface area is 142 Å². The van der Waals surface area contributed by atoms with Crippen LogP contribution < -0.4 is 5.32 Å². The van der Waals surface area contributed by atoms with Gasteiger partial charge < -0.3 is 9.88 Å². The molecule has 6 nitrogen and oxygen atoms in total. The van der Waals surface area contributed by atoms with Gasteiger partial charge in [-0.15, -0.1) is 0 Å². The number of amides is 1. The van der Waals surface area contributed by atoms with Crippen molar-refractivity contribution in [3.05, 3.63) is 48.8 Å². The Balaban J connectivity index is 1.60. The minimum atomic E-state index is -2.94. The maximum Gasteiger partial charge on any atom is 0.238 e. The number of anilines is 1. The fraction of sp³-hybridized carbons (Fsp3) is 0.353. The van der Waals surface area contributed by atoms with Gasteiger partial charge in [0.25, 0.3) is 0 Å². The largest absolute Gasteiger partial charge is 0.325 e. The van der Waals surface area contributed by atoms with Crippen molar-refractivity contribution in [1.29, 1.82) is 0 Å². The zero-order valence-electron chi connectivity index (χ0n) is 13.6. The van der Waals surface area contributed by atoms with Crippen molar-refractivity contribution in [1.82, 2.24) is 9.47 Å². The normalized spacial score (nSPS) is 19.5. The van der Waals surface area contributed by atoms with Crippen LogP contribution >= 0.6 is 0 Å². The molecule has 0 radical (unpaired) electrons. The summed E-state index contributed by atoms with van der Waals surface area (Å²) in [4.78, 5) is 14.0. The highest BCUT2D eigenvalue weighted by atomic mass is 32.2. The van der Waals surface area contributed by atoms with Crippen molar-refractivity contribution in [3.8, 4) is 5.69 Å². The van der Waals surface area contributed by atoms with Crippen LogP contribution in [-0.2, 0) is 14.6 Å². The molecule has 1 aromatic heterocycles. The molecule has 1 saturated heterocycles. The lowest BCUT2D eigenvalue weighted by atomic mass is 10.2. The molecule has 1 aliphatic heterocycles. The standard InChI is InChI=1S/C17H21N3O3S/c1-19(16-7-10-24(22,23)13-16)12-17(21)18-14-5-4-6-15(11-14)20-8-2-3-9-20/h2-6,8-9,11,16H,7,10,12-13H2,1H3,(H,18,21)/t16-/m0/s1. The molecule has 0 saturated carbocycles. The summed E-state index contributed by atoms with van der Waals surface area (Å²) < 4.78 is 25.0. The molecule has 7 heteroatoms. The molecule has 1 N–H and O–H groups in total. The number of carbonyl (C=O) groups is 1. The van der Waals surface area contributed by atoms with E-state index in [-0.39, 0.29) is 30.0 Å². The average molecular weight is 347 g/mol. The van der Waals surface area contributed by atoms with Gasteiger partial charge in [-0.1, -0.05) is 6.07 Å². The fourth-order valence-electron chi connectivity index (χ4n) is 2.93. The van der Waals surface area contributed by atoms with Crippen LogP contribution in [0.25, 0.3) is 5.69 Å². The van der Waals surface area contributed by atoms with Crippen LogP contribution in [-0.4, -0.2) is 54.9 Å². The van der Waals surface area contributed by atoms with E-state index in [2.05, 4.69) is 5.32 Å². The first-order chi connectivity index (χ1) is 11.4. The van der Waals surface area contributed by atoms with Crippen molar-refractivity contribution in [2.75, 3.05) is 30.4 Å². The zero-order chi connectivity index (χ0) is 17.2. The topological polar surface area (TPSA) is 71.4 Å². The van der Waals surface area contributed by atoms with Gasteiger partial charge in [-0.3, -0.25) is 9.69 Å². The van der Waals surface area contributed by atoms with Gasteiger partial charge in [0.05, 0.1) is 18.1 Å². The molecule has 24 heavy (non-hydrogen) atoms. The highest BCUT2D eigenvalue weighted by Gasteiger charge is 2.31. The summed E-state index contributed by atoms with van der Waals surface area (Å²) >= 11 is 0. The van der Waals surface area contributed by atoms with Crippen LogP contribution in [0.3, 0.4) is 0 Å². The number of hydrogen-bond acceptors (Lipinski definition) is 4. The predicted octanol–water partition coefficient (Wildman–Crippen LogP) is 1.53. The molecule has 0 aliphatic carbocycles. The van der Waals surface area contributed by atoms with Gasteiger partial charge in [-0.25, -0.2) is 8.42 Å². The molecule has 2 aromatic rings. The molecule has 1 amide bonds. The second-order valence-electron chi connectivity index (χ2n) is 6.16. The SMILES string of the molecule is CN(CC(=O)Nc1cccc(-n2cccc2)c1)[C@H]1CCS(=O)(=O)C1. The number of sulfone groups is 1. The quantitative estimate of drug-likeness (QED) is 0.890. The van der Waals surface area contributed by atoms with Gasteiger partial charge in [0, 0.05) is 29.8 Å². The number of nitrogens with zero attached hydrogens (tertiary/aromatic N) is 2. The van der Waals surface area contributed by atoms with Crippen LogP contribution in [0.5, 0.6) is 0 Å². The molecule has 128 valence electrons. The van der Waals surface area contributed by atoms with Gasteiger partial charge in [0.2, 0.25) is 5.91 Å². The molecule has 0 bridgehead atoms. The summed E-state index contributed by atoms with van der Waals surface area (Å²) in [5.41, 5.74) is 1.69. The monoisotopic (exact) mass is 347 g/mol. The summed E-state index contributed by atoms with van der Waals surface area (Å²) in [5, 5.41) is 2.88. The number of hydrogen-bond donors (Lipinski definition) is 1. The first-order valence-corrected chi connectivity index (χ1v) is 9.69. The maximum absolute atomic E-state index is 12.2. The average Bonchev–Trinajstić information content (AvgIpc) is 3.16. The molecule has 1 atom stereocenters. The summed E-state index contributed by atoms with van der Waals surface area (Å²) in [6.45, 7) is 0.175. The van der Waals surface area contributed by atoms with Gasteiger partial charge in [-0.2, -0.15) is 0 Å². The minimum absolute atomic E-state index is 0.0769. The third-order valence-corrected chi connectivity index (χ3v) is 6.01. The lowest BCUT2D eigenvalue weighted by Crippen LogP contribution is -2.38. The van der Waals surface area contributed by atoms with Crippen LogP contribution in [0.15, 0.2) is 48.8 Å². The number of likely N-dealkylation sites (N-methyl/N-ethyl adjacent to an activating group) is 1. The first-order valence-electron chi connectivity index (χ1n) is 7.87. The third-order valence-electron chi connectivity index (χ3n) is 4.26. The summed E-state index contributed by atoms with van der Waals surface area (Å²) in [5.74, 6) is 0.203. The van der Waals surface area contributed by atoms with Crippen molar-refractivity contribution in [3.63, 3.8) is 0 Å². The maximum atomic E-state index is 12.2. The molecule has 3 rings (SSSR count). The lowest BCUT2D eigenvalue weighted by Gasteiger charge is -2.22. The van der Waals surface area contributed by atoms with Crippen LogP contribution in [0.4, 0.5) is 5.69 Å². The number of nitrogens with one attached hydrogen (secondary N) is 1. The van der Waals surface area contributed by atoms with Crippen molar-refractivity contribution < 1.29 is 13.2 Å². The van der Waals surface area contributed by atoms with Gasteiger partial charge in [0.1, 0.15) is 0 Å². The Kier molecular flexibility index (Phi) is 4.73. The Morgan fingerprint density at radius 3 is 2.71 bits per heavy atom. The Bertz CT molecular complexity index is 815. The minimum Gasteiger partial charge on any atom is -0.325 e. The molecule has 1 fully saturated rings. The van der Waals surface area contributed by atoms with Crippen LogP contribution in [0.1, 0.15) is 6.42 Å². The third kappa shape index (κ3) is 4.04. The van der Waals surface area contributed by atoms with Crippen molar-refractivity contribution in [2.45, 2.75) is 12.5 Å². The molecule has 1 aromatic carbocycles. The van der Waals surface area contributed by atoms with E-state index in [9.17, 15) is 13.2 Å². The molecular weight excluding hydrogens is 326 g/mol. The van der Waals surface area contributed by atoms with E-state index in [1.165, 1.54) is 0 Å². The van der Waals surface area contributed by atoms with Gasteiger partial charge in [0.15, 0.2) is 9.84 Å². The Morgan fingerprint density at radius 1 is 1.29 bits per heavy atom. The van der Waals surface area contributed by atoms with E-state index in [0.29, 0.717) is 6.42 Å². The summed E-state index contributed by atoms with van der Waals surface area (Å²) in [6, 6.07) is 11.4. The second-order valence-corrected chi connectivity index (χ2v) is 8.39. The summed E-state index contributed by atoms with van der Waals surface area (Å²) in [6.07, 6.45) is 4.47. The molecule has 2 heterocycles. The number of rotatable bonds is 5. The highest BCUT2D eigenvalue weighted by Crippen LogP contribution is 2.17.